The van der Waals surface area contributed by atoms with Crippen LogP contribution in [0.1, 0.15) is 46.9 Å². The van der Waals surface area contributed by atoms with Crippen LogP contribution in [0.25, 0.3) is 11.4 Å². The van der Waals surface area contributed by atoms with Gasteiger partial charge in [0, 0.05) is 18.2 Å². The van der Waals surface area contributed by atoms with Gasteiger partial charge in [-0.25, -0.2) is 9.97 Å². The predicted molar refractivity (Wildman–Crippen MR) is 89.7 cm³/mol. The second-order valence-corrected chi connectivity index (χ2v) is 5.94. The average Bonchev–Trinajstić information content (AvgIpc) is 3.29. The second kappa shape index (κ2) is 6.43. The number of hydrogen-bond donors (Lipinski definition) is 1. The van der Waals surface area contributed by atoms with Gasteiger partial charge in [0.1, 0.15) is 12.0 Å². The average molecular weight is 335 g/mol. The molecule has 0 bridgehead atoms. The third-order valence-electron chi connectivity index (χ3n) is 4.37. The first-order valence-corrected chi connectivity index (χ1v) is 8.27. The fourth-order valence-electron chi connectivity index (χ4n) is 3.08. The molecule has 1 N–H and O–H groups in total. The number of benzene rings is 1. The third-order valence-corrected chi connectivity index (χ3v) is 4.37. The molecule has 2 aromatic heterocycles. The summed E-state index contributed by atoms with van der Waals surface area (Å²) < 4.78 is 5.18. The number of nitrogens with zero attached hydrogens (tertiary/aromatic N) is 4. The molecular weight excluding hydrogens is 318 g/mol. The highest BCUT2D eigenvalue weighted by atomic mass is 16.5. The maximum Gasteiger partial charge on any atom is 0.270 e. The summed E-state index contributed by atoms with van der Waals surface area (Å²) in [6.07, 6.45) is 5.42. The molecule has 0 radical (unpaired) electrons. The van der Waals surface area contributed by atoms with E-state index >= 15 is 0 Å². The smallest absolute Gasteiger partial charge is 0.270 e. The molecule has 1 aliphatic rings. The molecule has 7 heteroatoms. The minimum absolute atomic E-state index is 0.0111. The van der Waals surface area contributed by atoms with Gasteiger partial charge in [0.15, 0.2) is 0 Å². The normalized spacial score (nSPS) is 15.8. The molecular formula is C18H17N5O2. The van der Waals surface area contributed by atoms with Crippen molar-refractivity contribution in [3.8, 4) is 11.4 Å². The molecule has 0 aliphatic heterocycles. The van der Waals surface area contributed by atoms with Crippen molar-refractivity contribution in [3.05, 3.63) is 59.5 Å². The van der Waals surface area contributed by atoms with E-state index < -0.39 is 0 Å². The summed E-state index contributed by atoms with van der Waals surface area (Å²) in [4.78, 5) is 24.5. The Bertz CT molecular complexity index is 907. The summed E-state index contributed by atoms with van der Waals surface area (Å²) >= 11 is 0. The zero-order valence-electron chi connectivity index (χ0n) is 13.8. The minimum Gasteiger partial charge on any atom is -0.344 e. The van der Waals surface area contributed by atoms with Crippen molar-refractivity contribution in [1.82, 2.24) is 25.4 Å². The number of hydrogen-bond acceptors (Lipinski definition) is 6. The first-order chi connectivity index (χ1) is 12.2. The Morgan fingerprint density at radius 3 is 3.04 bits per heavy atom. The van der Waals surface area contributed by atoms with Crippen molar-refractivity contribution in [3.63, 3.8) is 0 Å². The van der Waals surface area contributed by atoms with Gasteiger partial charge in [0.2, 0.25) is 11.7 Å². The van der Waals surface area contributed by atoms with Crippen LogP contribution in [0.3, 0.4) is 0 Å². The molecule has 0 spiro atoms. The number of carbonyl (C=O) groups excluding carboxylic acids is 1. The van der Waals surface area contributed by atoms with Crippen molar-refractivity contribution >= 4 is 5.91 Å². The van der Waals surface area contributed by atoms with Crippen LogP contribution in [0.4, 0.5) is 0 Å². The molecule has 0 saturated heterocycles. The van der Waals surface area contributed by atoms with Crippen LogP contribution in [-0.2, 0) is 12.8 Å². The molecule has 1 atom stereocenters. The first kappa shape index (κ1) is 15.4. The molecule has 25 heavy (non-hydrogen) atoms. The second-order valence-electron chi connectivity index (χ2n) is 5.94. The van der Waals surface area contributed by atoms with E-state index in [2.05, 4.69) is 31.5 Å². The van der Waals surface area contributed by atoms with Gasteiger partial charge >= 0.3 is 0 Å². The van der Waals surface area contributed by atoms with E-state index in [0.717, 1.165) is 30.4 Å². The molecule has 0 fully saturated rings. The molecule has 4 rings (SSSR count). The minimum atomic E-state index is -0.185. The predicted octanol–water partition coefficient (Wildman–Crippen LogP) is 2.51. The molecule has 7 nitrogen and oxygen atoms in total. The lowest BCUT2D eigenvalue weighted by atomic mass is 10.0. The maximum atomic E-state index is 12.3. The van der Waals surface area contributed by atoms with Gasteiger partial charge in [0.05, 0.1) is 6.04 Å². The molecule has 2 heterocycles. The largest absolute Gasteiger partial charge is 0.344 e. The van der Waals surface area contributed by atoms with Crippen molar-refractivity contribution in [2.75, 3.05) is 0 Å². The Balaban J connectivity index is 1.54. The Labute approximate surface area is 144 Å². The van der Waals surface area contributed by atoms with Gasteiger partial charge < -0.3 is 9.84 Å². The summed E-state index contributed by atoms with van der Waals surface area (Å²) in [5, 5.41) is 7.06. The summed E-state index contributed by atoms with van der Waals surface area (Å²) in [6.45, 7) is 1.98. The van der Waals surface area contributed by atoms with E-state index in [9.17, 15) is 4.79 Å². The number of nitrogens with one attached hydrogen (secondary N) is 1. The molecule has 3 aromatic rings. The lowest BCUT2D eigenvalue weighted by Crippen LogP contribution is -2.27. The van der Waals surface area contributed by atoms with Crippen LogP contribution in [-0.4, -0.2) is 26.0 Å². The quantitative estimate of drug-likeness (QED) is 0.787. The maximum absolute atomic E-state index is 12.3. The van der Waals surface area contributed by atoms with Gasteiger partial charge in [0.25, 0.3) is 5.91 Å². The van der Waals surface area contributed by atoms with Crippen LogP contribution in [0.2, 0.25) is 0 Å². The Kier molecular flexibility index (Phi) is 3.97. The van der Waals surface area contributed by atoms with Gasteiger partial charge in [-0.3, -0.25) is 4.79 Å². The summed E-state index contributed by atoms with van der Waals surface area (Å²) in [6, 6.07) is 7.68. The zero-order valence-corrected chi connectivity index (χ0v) is 13.8. The van der Waals surface area contributed by atoms with E-state index in [1.165, 1.54) is 11.9 Å². The fourth-order valence-corrected chi connectivity index (χ4v) is 3.08. The van der Waals surface area contributed by atoms with Crippen LogP contribution in [0.15, 0.2) is 41.3 Å². The molecule has 1 aliphatic carbocycles. The fraction of sp³-hybridized carbons (Fsp3) is 0.278. The highest BCUT2D eigenvalue weighted by Crippen LogP contribution is 2.33. The summed E-state index contributed by atoms with van der Waals surface area (Å²) in [5.74, 6) is 1.05. The van der Waals surface area contributed by atoms with Crippen molar-refractivity contribution in [2.45, 2.75) is 32.2 Å². The number of carbonyl (C=O) groups is 1. The number of fused-ring (bicyclic) bond motifs is 1. The number of amides is 1. The molecule has 126 valence electrons. The highest BCUT2D eigenvalue weighted by Gasteiger charge is 2.25. The summed E-state index contributed by atoms with van der Waals surface area (Å²) in [7, 11) is 0. The molecule has 1 unspecified atom stereocenters. The third kappa shape index (κ3) is 3.00. The van der Waals surface area contributed by atoms with Gasteiger partial charge in [-0.15, -0.1) is 0 Å². The molecule has 1 aromatic carbocycles. The van der Waals surface area contributed by atoms with Gasteiger partial charge in [-0.05, 0) is 36.1 Å². The molecule has 1 amide bonds. The number of aryl methyl sites for hydroxylation is 2. The highest BCUT2D eigenvalue weighted by molar-refractivity contribution is 5.92. The van der Waals surface area contributed by atoms with Crippen molar-refractivity contribution in [1.29, 1.82) is 0 Å². The van der Waals surface area contributed by atoms with E-state index in [1.54, 1.807) is 12.3 Å². The number of aromatic nitrogens is 4. The summed E-state index contributed by atoms with van der Waals surface area (Å²) in [5.41, 5.74) is 3.64. The lowest BCUT2D eigenvalue weighted by Gasteiger charge is -2.14. The Morgan fingerprint density at radius 2 is 2.28 bits per heavy atom. The van der Waals surface area contributed by atoms with E-state index in [0.29, 0.717) is 17.4 Å². The van der Waals surface area contributed by atoms with Crippen LogP contribution in [0, 0.1) is 0 Å². The topological polar surface area (TPSA) is 93.8 Å². The Hall–Kier alpha value is -3.09. The lowest BCUT2D eigenvalue weighted by molar-refractivity contribution is 0.0931. The van der Waals surface area contributed by atoms with Crippen molar-refractivity contribution in [2.24, 2.45) is 0 Å². The monoisotopic (exact) mass is 335 g/mol. The van der Waals surface area contributed by atoms with Crippen LogP contribution < -0.4 is 5.32 Å². The zero-order chi connectivity index (χ0) is 17.2. The van der Waals surface area contributed by atoms with Gasteiger partial charge in [-0.2, -0.15) is 4.98 Å². The van der Waals surface area contributed by atoms with Crippen LogP contribution in [0.5, 0.6) is 0 Å². The Morgan fingerprint density at radius 1 is 1.36 bits per heavy atom. The molecule has 0 saturated carbocycles. The van der Waals surface area contributed by atoms with E-state index in [4.69, 9.17) is 4.52 Å². The van der Waals surface area contributed by atoms with E-state index in [-0.39, 0.29) is 11.9 Å². The SMILES string of the molecule is CCc1nc(-c2ccc3c(c2)CCC3NC(=O)c2ccncn2)no1. The number of rotatable bonds is 4. The first-order valence-electron chi connectivity index (χ1n) is 8.27. The van der Waals surface area contributed by atoms with Crippen LogP contribution >= 0.6 is 0 Å². The van der Waals surface area contributed by atoms with E-state index in [1.807, 2.05) is 19.1 Å². The van der Waals surface area contributed by atoms with Gasteiger partial charge in [-0.1, -0.05) is 24.2 Å². The van der Waals surface area contributed by atoms with Crippen molar-refractivity contribution < 1.29 is 9.32 Å². The standard InChI is InChI=1S/C18H17N5O2/c1-2-16-22-17(23-25-16)12-3-5-13-11(9-12)4-6-14(13)21-18(24)15-7-8-19-10-20-15/h3,5,7-10,14H,2,4,6H2,1H3,(H,21,24).